The second kappa shape index (κ2) is 6.89. The fourth-order valence-electron chi connectivity index (χ4n) is 0.868. The van der Waals surface area contributed by atoms with E-state index in [1.54, 1.807) is 0 Å². The molecule has 0 aliphatic heterocycles. The van der Waals surface area contributed by atoms with E-state index in [0.29, 0.717) is 6.61 Å². The van der Waals surface area contributed by atoms with Crippen LogP contribution in [0.25, 0.3) is 0 Å². The highest BCUT2D eigenvalue weighted by Crippen LogP contribution is 2.08. The van der Waals surface area contributed by atoms with Gasteiger partial charge in [-0.15, -0.1) is 0 Å². The molecule has 12 heavy (non-hydrogen) atoms. The Kier molecular flexibility index (Phi) is 6.44. The zero-order valence-corrected chi connectivity index (χ0v) is 8.01. The molecular weight excluding hydrogens is 152 g/mol. The molecule has 0 N–H and O–H groups in total. The first-order valence-corrected chi connectivity index (χ1v) is 4.49. The van der Waals surface area contributed by atoms with Gasteiger partial charge < -0.3 is 4.74 Å². The van der Waals surface area contributed by atoms with E-state index in [9.17, 15) is 4.79 Å². The first-order valence-electron chi connectivity index (χ1n) is 4.49. The van der Waals surface area contributed by atoms with Crippen LogP contribution in [0.4, 0.5) is 0 Å². The topological polar surface area (TPSA) is 26.3 Å². The molecule has 0 rings (SSSR count). The third kappa shape index (κ3) is 5.96. The quantitative estimate of drug-likeness (QED) is 0.348. The molecule has 0 amide bonds. The summed E-state index contributed by atoms with van der Waals surface area (Å²) in [6, 6.07) is 0. The van der Waals surface area contributed by atoms with Crippen molar-refractivity contribution < 1.29 is 9.53 Å². The molecule has 2 heteroatoms. The maximum Gasteiger partial charge on any atom is 0.330 e. The molecule has 0 heterocycles. The summed E-state index contributed by atoms with van der Waals surface area (Å²) < 4.78 is 4.83. The van der Waals surface area contributed by atoms with Gasteiger partial charge in [-0.2, -0.15) is 0 Å². The molecule has 0 radical (unpaired) electrons. The van der Waals surface area contributed by atoms with Gasteiger partial charge in [0, 0.05) is 6.08 Å². The first kappa shape index (κ1) is 11.2. The third-order valence-corrected chi connectivity index (χ3v) is 1.95. The molecule has 0 aromatic carbocycles. The van der Waals surface area contributed by atoms with E-state index in [2.05, 4.69) is 20.4 Å². The lowest BCUT2D eigenvalue weighted by atomic mass is 10.0. The SMILES string of the molecule is C=CC(=O)OCCCC(C)CC. The smallest absolute Gasteiger partial charge is 0.330 e. The van der Waals surface area contributed by atoms with Crippen molar-refractivity contribution in [1.82, 2.24) is 0 Å². The van der Waals surface area contributed by atoms with E-state index >= 15 is 0 Å². The Morgan fingerprint density at radius 3 is 2.83 bits per heavy atom. The molecule has 1 unspecified atom stereocenters. The van der Waals surface area contributed by atoms with E-state index in [0.717, 1.165) is 18.8 Å². The van der Waals surface area contributed by atoms with Gasteiger partial charge in [-0.3, -0.25) is 0 Å². The van der Waals surface area contributed by atoms with E-state index < -0.39 is 0 Å². The number of hydrogen-bond acceptors (Lipinski definition) is 2. The standard InChI is InChI=1S/C10H18O2/c1-4-9(3)7-6-8-12-10(11)5-2/h5,9H,2,4,6-8H2,1,3H3. The summed E-state index contributed by atoms with van der Waals surface area (Å²) in [5.41, 5.74) is 0. The van der Waals surface area contributed by atoms with Gasteiger partial charge in [0.1, 0.15) is 0 Å². The maximum absolute atomic E-state index is 10.6. The maximum atomic E-state index is 10.6. The summed E-state index contributed by atoms with van der Waals surface area (Å²) >= 11 is 0. The Bertz CT molecular complexity index is 141. The average Bonchev–Trinajstić information content (AvgIpc) is 2.11. The lowest BCUT2D eigenvalue weighted by Crippen LogP contribution is -2.03. The van der Waals surface area contributed by atoms with E-state index in [-0.39, 0.29) is 5.97 Å². The van der Waals surface area contributed by atoms with Crippen LogP contribution in [0.15, 0.2) is 12.7 Å². The number of hydrogen-bond donors (Lipinski definition) is 0. The van der Waals surface area contributed by atoms with Crippen LogP contribution in [0.2, 0.25) is 0 Å². The van der Waals surface area contributed by atoms with E-state index in [4.69, 9.17) is 4.74 Å². The summed E-state index contributed by atoms with van der Waals surface area (Å²) in [5.74, 6) is 0.409. The average molecular weight is 170 g/mol. The molecule has 0 aromatic heterocycles. The van der Waals surface area contributed by atoms with Gasteiger partial charge in [0.15, 0.2) is 0 Å². The molecule has 0 spiro atoms. The molecule has 0 aliphatic rings. The van der Waals surface area contributed by atoms with Gasteiger partial charge in [-0.1, -0.05) is 26.8 Å². The summed E-state index contributed by atoms with van der Waals surface area (Å²) in [5, 5.41) is 0. The Balaban J connectivity index is 3.21. The minimum Gasteiger partial charge on any atom is -0.463 e. The Morgan fingerprint density at radius 2 is 2.33 bits per heavy atom. The molecule has 0 aliphatic carbocycles. The molecular formula is C10H18O2. The monoisotopic (exact) mass is 170 g/mol. The molecule has 1 atom stereocenters. The fourth-order valence-corrected chi connectivity index (χ4v) is 0.868. The highest BCUT2D eigenvalue weighted by atomic mass is 16.5. The van der Waals surface area contributed by atoms with Gasteiger partial charge >= 0.3 is 5.97 Å². The summed E-state index contributed by atoms with van der Waals surface area (Å²) in [7, 11) is 0. The van der Waals surface area contributed by atoms with Gasteiger partial charge in [-0.05, 0) is 18.8 Å². The second-order valence-electron chi connectivity index (χ2n) is 3.03. The third-order valence-electron chi connectivity index (χ3n) is 1.95. The number of rotatable bonds is 6. The van der Waals surface area contributed by atoms with Crippen molar-refractivity contribution in [2.24, 2.45) is 5.92 Å². The number of carbonyl (C=O) groups is 1. The summed E-state index contributed by atoms with van der Waals surface area (Å²) in [6.07, 6.45) is 4.47. The van der Waals surface area contributed by atoms with Gasteiger partial charge in [0.25, 0.3) is 0 Å². The van der Waals surface area contributed by atoms with Crippen molar-refractivity contribution in [3.63, 3.8) is 0 Å². The predicted molar refractivity (Wildman–Crippen MR) is 49.8 cm³/mol. The van der Waals surface area contributed by atoms with Crippen molar-refractivity contribution in [2.45, 2.75) is 33.1 Å². The van der Waals surface area contributed by atoms with Crippen LogP contribution >= 0.6 is 0 Å². The summed E-state index contributed by atoms with van der Waals surface area (Å²) in [6.45, 7) is 8.21. The summed E-state index contributed by atoms with van der Waals surface area (Å²) in [4.78, 5) is 10.6. The van der Waals surface area contributed by atoms with Crippen LogP contribution < -0.4 is 0 Å². The van der Waals surface area contributed by atoms with E-state index in [1.165, 1.54) is 12.5 Å². The van der Waals surface area contributed by atoms with Crippen molar-refractivity contribution in [1.29, 1.82) is 0 Å². The van der Waals surface area contributed by atoms with Gasteiger partial charge in [-0.25, -0.2) is 4.79 Å². The first-order chi connectivity index (χ1) is 5.70. The van der Waals surface area contributed by atoms with Crippen LogP contribution in [-0.4, -0.2) is 12.6 Å². The Morgan fingerprint density at radius 1 is 1.67 bits per heavy atom. The highest BCUT2D eigenvalue weighted by molar-refractivity contribution is 5.81. The van der Waals surface area contributed by atoms with Crippen LogP contribution in [-0.2, 0) is 9.53 Å². The molecule has 0 saturated heterocycles. The predicted octanol–water partition coefficient (Wildman–Crippen LogP) is 2.54. The molecule has 2 nitrogen and oxygen atoms in total. The largest absolute Gasteiger partial charge is 0.463 e. The molecule has 0 saturated carbocycles. The molecule has 0 bridgehead atoms. The van der Waals surface area contributed by atoms with E-state index in [1.807, 2.05) is 0 Å². The molecule has 0 aromatic rings. The van der Waals surface area contributed by atoms with Crippen LogP contribution in [0.3, 0.4) is 0 Å². The van der Waals surface area contributed by atoms with Crippen molar-refractivity contribution in [3.8, 4) is 0 Å². The van der Waals surface area contributed by atoms with Crippen molar-refractivity contribution in [3.05, 3.63) is 12.7 Å². The van der Waals surface area contributed by atoms with Crippen LogP contribution in [0.5, 0.6) is 0 Å². The molecule has 70 valence electrons. The lowest BCUT2D eigenvalue weighted by Gasteiger charge is -2.07. The van der Waals surface area contributed by atoms with Gasteiger partial charge in [0.2, 0.25) is 0 Å². The number of esters is 1. The minimum absolute atomic E-state index is 0.320. The zero-order chi connectivity index (χ0) is 9.40. The van der Waals surface area contributed by atoms with Crippen molar-refractivity contribution in [2.75, 3.05) is 6.61 Å². The zero-order valence-electron chi connectivity index (χ0n) is 8.01. The van der Waals surface area contributed by atoms with Crippen molar-refractivity contribution >= 4 is 5.97 Å². The van der Waals surface area contributed by atoms with Crippen LogP contribution in [0.1, 0.15) is 33.1 Å². The number of carbonyl (C=O) groups excluding carboxylic acids is 1. The number of ether oxygens (including phenoxy) is 1. The second-order valence-corrected chi connectivity index (χ2v) is 3.03. The molecule has 0 fully saturated rings. The minimum atomic E-state index is -0.320. The van der Waals surface area contributed by atoms with Crippen LogP contribution in [0, 0.1) is 5.92 Å². The Hall–Kier alpha value is -0.790. The fraction of sp³-hybridized carbons (Fsp3) is 0.700. The normalized spacial score (nSPS) is 12.2. The lowest BCUT2D eigenvalue weighted by molar-refractivity contribution is -0.137. The van der Waals surface area contributed by atoms with Gasteiger partial charge in [0.05, 0.1) is 6.61 Å². The Labute approximate surface area is 74.6 Å². The highest BCUT2D eigenvalue weighted by Gasteiger charge is 1.99.